The number of amides is 2. The summed E-state index contributed by atoms with van der Waals surface area (Å²) in [7, 11) is 0. The van der Waals surface area contributed by atoms with Gasteiger partial charge in [-0.2, -0.15) is 0 Å². The normalized spacial score (nSPS) is 11.5. The average molecular weight is 483 g/mol. The minimum Gasteiger partial charge on any atom is -0.350 e. The van der Waals surface area contributed by atoms with Crippen molar-refractivity contribution in [3.63, 3.8) is 0 Å². The van der Waals surface area contributed by atoms with Crippen molar-refractivity contribution in [3.05, 3.63) is 143 Å². The second-order valence-corrected chi connectivity index (χ2v) is 8.70. The van der Waals surface area contributed by atoms with E-state index in [1.54, 1.807) is 11.0 Å². The molecule has 2 amide bonds. The summed E-state index contributed by atoms with van der Waals surface area (Å²) >= 11 is 6.30. The van der Waals surface area contributed by atoms with E-state index >= 15 is 0 Å². The zero-order chi connectivity index (χ0) is 24.5. The minimum absolute atomic E-state index is 0.123. The van der Waals surface area contributed by atoms with Gasteiger partial charge < -0.3 is 10.2 Å². The first kappa shape index (κ1) is 24.2. The van der Waals surface area contributed by atoms with E-state index in [2.05, 4.69) is 5.32 Å². The molecule has 0 aliphatic heterocycles. The van der Waals surface area contributed by atoms with Gasteiger partial charge in [0, 0.05) is 18.1 Å². The molecule has 4 nitrogen and oxygen atoms in total. The molecule has 0 saturated heterocycles. The molecular formula is C30H27ClN2O2. The van der Waals surface area contributed by atoms with E-state index < -0.39 is 6.04 Å². The van der Waals surface area contributed by atoms with Crippen LogP contribution < -0.4 is 5.32 Å². The average Bonchev–Trinajstić information content (AvgIpc) is 2.89. The Hall–Kier alpha value is -3.89. The van der Waals surface area contributed by atoms with Gasteiger partial charge in [-0.3, -0.25) is 9.59 Å². The lowest BCUT2D eigenvalue weighted by molar-refractivity contribution is -0.141. The molecule has 0 aliphatic rings. The quantitative estimate of drug-likeness (QED) is 0.319. The SMILES string of the molecule is O=C(NCc1ccccc1Cl)[C@@H](c1ccccc1)N(Cc1ccccc1)C(=O)Cc1ccccc1. The van der Waals surface area contributed by atoms with Gasteiger partial charge in [-0.1, -0.05) is 121 Å². The molecule has 0 bridgehead atoms. The number of carbonyl (C=O) groups is 2. The summed E-state index contributed by atoms with van der Waals surface area (Å²) in [6, 6.07) is 35.4. The van der Waals surface area contributed by atoms with Crippen LogP contribution in [0.25, 0.3) is 0 Å². The number of hydrogen-bond donors (Lipinski definition) is 1. The number of carbonyl (C=O) groups excluding carboxylic acids is 2. The number of hydrogen-bond acceptors (Lipinski definition) is 2. The summed E-state index contributed by atoms with van der Waals surface area (Å²) in [5.41, 5.74) is 3.42. The standard InChI is InChI=1S/C30H27ClN2O2/c31-27-19-11-10-18-26(27)21-32-30(35)29(25-16-8-3-9-17-25)33(22-24-14-6-2-7-15-24)28(34)20-23-12-4-1-5-13-23/h1-19,29H,20-22H2,(H,32,35)/t29-/m1/s1. The zero-order valence-electron chi connectivity index (χ0n) is 19.3. The fraction of sp³-hybridized carbons (Fsp3) is 0.133. The van der Waals surface area contributed by atoms with Crippen LogP contribution in [-0.2, 0) is 29.1 Å². The first-order valence-corrected chi connectivity index (χ1v) is 11.9. The Kier molecular flexibility index (Phi) is 8.31. The molecule has 0 heterocycles. The van der Waals surface area contributed by atoms with Crippen molar-refractivity contribution in [2.75, 3.05) is 0 Å². The van der Waals surface area contributed by atoms with Gasteiger partial charge in [-0.25, -0.2) is 0 Å². The van der Waals surface area contributed by atoms with Crippen LogP contribution in [0.5, 0.6) is 0 Å². The fourth-order valence-electron chi connectivity index (χ4n) is 4.00. The van der Waals surface area contributed by atoms with E-state index in [0.29, 0.717) is 11.6 Å². The van der Waals surface area contributed by atoms with Gasteiger partial charge in [0.15, 0.2) is 0 Å². The third-order valence-corrected chi connectivity index (χ3v) is 6.17. The predicted octanol–water partition coefficient (Wildman–Crippen LogP) is 5.97. The summed E-state index contributed by atoms with van der Waals surface area (Å²) in [5.74, 6) is -0.379. The van der Waals surface area contributed by atoms with Gasteiger partial charge in [-0.05, 0) is 28.3 Å². The van der Waals surface area contributed by atoms with Crippen LogP contribution in [-0.4, -0.2) is 16.7 Å². The second-order valence-electron chi connectivity index (χ2n) is 8.29. The Morgan fingerprint density at radius 2 is 1.26 bits per heavy atom. The molecule has 5 heteroatoms. The van der Waals surface area contributed by atoms with Crippen LogP contribution in [0.4, 0.5) is 0 Å². The Morgan fingerprint density at radius 3 is 1.89 bits per heavy atom. The summed E-state index contributed by atoms with van der Waals surface area (Å²) in [6.07, 6.45) is 0.203. The molecule has 0 spiro atoms. The monoisotopic (exact) mass is 482 g/mol. The summed E-state index contributed by atoms with van der Waals surface area (Å²) < 4.78 is 0. The highest BCUT2D eigenvalue weighted by molar-refractivity contribution is 6.31. The molecule has 35 heavy (non-hydrogen) atoms. The Labute approximate surface area is 211 Å². The van der Waals surface area contributed by atoms with E-state index in [9.17, 15) is 9.59 Å². The maximum absolute atomic E-state index is 13.7. The van der Waals surface area contributed by atoms with Gasteiger partial charge in [-0.15, -0.1) is 0 Å². The van der Waals surface area contributed by atoms with E-state index in [0.717, 1.165) is 22.3 Å². The third-order valence-electron chi connectivity index (χ3n) is 5.80. The topological polar surface area (TPSA) is 49.4 Å². The van der Waals surface area contributed by atoms with E-state index in [1.807, 2.05) is 109 Å². The Bertz CT molecular complexity index is 1250. The number of halogens is 1. The van der Waals surface area contributed by atoms with Crippen LogP contribution in [0.1, 0.15) is 28.3 Å². The van der Waals surface area contributed by atoms with Crippen LogP contribution in [0.2, 0.25) is 5.02 Å². The molecule has 0 aromatic heterocycles. The van der Waals surface area contributed by atoms with Crippen molar-refractivity contribution in [3.8, 4) is 0 Å². The second kappa shape index (κ2) is 12.0. The highest BCUT2D eigenvalue weighted by atomic mass is 35.5. The number of rotatable bonds is 9. The lowest BCUT2D eigenvalue weighted by Crippen LogP contribution is -2.43. The van der Waals surface area contributed by atoms with Crippen molar-refractivity contribution in [1.82, 2.24) is 10.2 Å². The smallest absolute Gasteiger partial charge is 0.247 e. The highest BCUT2D eigenvalue weighted by Gasteiger charge is 2.31. The van der Waals surface area contributed by atoms with Crippen molar-refractivity contribution in [2.24, 2.45) is 0 Å². The van der Waals surface area contributed by atoms with Crippen molar-refractivity contribution in [2.45, 2.75) is 25.6 Å². The molecule has 4 rings (SSSR count). The van der Waals surface area contributed by atoms with Crippen LogP contribution in [0, 0.1) is 0 Å². The number of benzene rings is 4. The maximum Gasteiger partial charge on any atom is 0.247 e. The first-order valence-electron chi connectivity index (χ1n) is 11.5. The van der Waals surface area contributed by atoms with Crippen LogP contribution in [0.15, 0.2) is 115 Å². The van der Waals surface area contributed by atoms with Crippen molar-refractivity contribution in [1.29, 1.82) is 0 Å². The first-order chi connectivity index (χ1) is 17.1. The molecule has 4 aromatic carbocycles. The molecule has 1 atom stereocenters. The number of nitrogens with zero attached hydrogens (tertiary/aromatic N) is 1. The molecule has 0 fully saturated rings. The maximum atomic E-state index is 13.7. The van der Waals surface area contributed by atoms with E-state index in [1.165, 1.54) is 0 Å². The van der Waals surface area contributed by atoms with Crippen LogP contribution in [0.3, 0.4) is 0 Å². The number of nitrogens with one attached hydrogen (secondary N) is 1. The Morgan fingerprint density at radius 1 is 0.714 bits per heavy atom. The van der Waals surface area contributed by atoms with E-state index in [-0.39, 0.29) is 24.8 Å². The van der Waals surface area contributed by atoms with Gasteiger partial charge in [0.1, 0.15) is 6.04 Å². The highest BCUT2D eigenvalue weighted by Crippen LogP contribution is 2.25. The van der Waals surface area contributed by atoms with Gasteiger partial charge in [0.25, 0.3) is 0 Å². The van der Waals surface area contributed by atoms with Crippen LogP contribution >= 0.6 is 11.6 Å². The van der Waals surface area contributed by atoms with Crippen molar-refractivity contribution >= 4 is 23.4 Å². The molecule has 0 saturated carbocycles. The van der Waals surface area contributed by atoms with Crippen molar-refractivity contribution < 1.29 is 9.59 Å². The van der Waals surface area contributed by atoms with Gasteiger partial charge in [0.2, 0.25) is 11.8 Å². The summed E-state index contributed by atoms with van der Waals surface area (Å²) in [6.45, 7) is 0.583. The fourth-order valence-corrected chi connectivity index (χ4v) is 4.21. The molecule has 1 N–H and O–H groups in total. The third kappa shape index (κ3) is 6.58. The lowest BCUT2D eigenvalue weighted by atomic mass is 10.0. The molecule has 0 unspecified atom stereocenters. The largest absolute Gasteiger partial charge is 0.350 e. The molecular weight excluding hydrogens is 456 g/mol. The van der Waals surface area contributed by atoms with Gasteiger partial charge in [0.05, 0.1) is 6.42 Å². The van der Waals surface area contributed by atoms with Gasteiger partial charge >= 0.3 is 0 Å². The summed E-state index contributed by atoms with van der Waals surface area (Å²) in [5, 5.41) is 3.59. The molecule has 176 valence electrons. The molecule has 0 aliphatic carbocycles. The zero-order valence-corrected chi connectivity index (χ0v) is 20.1. The predicted molar refractivity (Wildman–Crippen MR) is 140 cm³/mol. The van der Waals surface area contributed by atoms with E-state index in [4.69, 9.17) is 11.6 Å². The Balaban J connectivity index is 1.66. The molecule has 4 aromatic rings. The summed E-state index contributed by atoms with van der Waals surface area (Å²) in [4.78, 5) is 29.0. The minimum atomic E-state index is -0.796. The molecule has 0 radical (unpaired) electrons. The lowest BCUT2D eigenvalue weighted by Gasteiger charge is -2.32.